The molecule has 96 valence electrons. The first-order valence-corrected chi connectivity index (χ1v) is 6.75. The minimum Gasteiger partial charge on any atom is -0.481 e. The fourth-order valence-electron chi connectivity index (χ4n) is 1.59. The standard InChI is InChI=1S/C11H12N2O4S/c1-8(11(14)15)6-13-7-12-9-4-2-3-5-10(9)18(13,16)17/h2-5,7-8H,6H2,1H3,(H,14,15). The minimum atomic E-state index is -3.69. The van der Waals surface area contributed by atoms with Crippen molar-refractivity contribution in [3.8, 4) is 0 Å². The number of rotatable bonds is 3. The van der Waals surface area contributed by atoms with E-state index in [2.05, 4.69) is 4.99 Å². The molecular weight excluding hydrogens is 256 g/mol. The molecule has 1 heterocycles. The maximum atomic E-state index is 12.2. The van der Waals surface area contributed by atoms with Crippen molar-refractivity contribution in [2.75, 3.05) is 6.54 Å². The SMILES string of the molecule is CC(CN1C=Nc2ccccc2S1(=O)=O)C(=O)O. The van der Waals surface area contributed by atoms with Crippen LogP contribution in [0.25, 0.3) is 0 Å². The van der Waals surface area contributed by atoms with Crippen molar-refractivity contribution in [2.45, 2.75) is 11.8 Å². The third kappa shape index (κ3) is 2.08. The van der Waals surface area contributed by atoms with E-state index in [1.165, 1.54) is 13.0 Å². The van der Waals surface area contributed by atoms with E-state index in [0.29, 0.717) is 5.69 Å². The molecule has 0 radical (unpaired) electrons. The Balaban J connectivity index is 2.36. The summed E-state index contributed by atoms with van der Waals surface area (Å²) in [5, 5.41) is 8.81. The quantitative estimate of drug-likeness (QED) is 0.888. The number of carboxylic acid groups (broad SMARTS) is 1. The molecular formula is C11H12N2O4S. The van der Waals surface area contributed by atoms with Crippen LogP contribution in [0.2, 0.25) is 0 Å². The molecule has 1 atom stereocenters. The van der Waals surface area contributed by atoms with E-state index in [1.54, 1.807) is 18.2 Å². The summed E-state index contributed by atoms with van der Waals surface area (Å²) >= 11 is 0. The van der Waals surface area contributed by atoms with Crippen molar-refractivity contribution in [1.29, 1.82) is 0 Å². The highest BCUT2D eigenvalue weighted by molar-refractivity contribution is 7.89. The Morgan fingerprint density at radius 3 is 2.78 bits per heavy atom. The van der Waals surface area contributed by atoms with E-state index in [0.717, 1.165) is 10.6 Å². The molecule has 0 aliphatic carbocycles. The Morgan fingerprint density at radius 2 is 2.11 bits per heavy atom. The van der Waals surface area contributed by atoms with Crippen LogP contribution < -0.4 is 0 Å². The predicted molar refractivity (Wildman–Crippen MR) is 65.3 cm³/mol. The predicted octanol–water partition coefficient (Wildman–Crippen LogP) is 1.07. The van der Waals surface area contributed by atoms with Gasteiger partial charge in [-0.25, -0.2) is 13.4 Å². The summed E-state index contributed by atoms with van der Waals surface area (Å²) in [6.45, 7) is 1.32. The Bertz CT molecular complexity index is 609. The van der Waals surface area contributed by atoms with E-state index >= 15 is 0 Å². The fraction of sp³-hybridized carbons (Fsp3) is 0.273. The number of benzene rings is 1. The van der Waals surface area contributed by atoms with E-state index < -0.39 is 21.9 Å². The highest BCUT2D eigenvalue weighted by atomic mass is 32.2. The van der Waals surface area contributed by atoms with Gasteiger partial charge in [0.2, 0.25) is 0 Å². The first kappa shape index (κ1) is 12.6. The van der Waals surface area contributed by atoms with Gasteiger partial charge in [0, 0.05) is 6.54 Å². The summed E-state index contributed by atoms with van der Waals surface area (Å²) in [5.74, 6) is -1.84. The average Bonchev–Trinajstić information content (AvgIpc) is 2.33. The monoisotopic (exact) mass is 268 g/mol. The molecule has 1 aliphatic rings. The number of para-hydroxylation sites is 1. The van der Waals surface area contributed by atoms with Gasteiger partial charge in [-0.3, -0.25) is 9.10 Å². The van der Waals surface area contributed by atoms with Gasteiger partial charge in [-0.2, -0.15) is 0 Å². The lowest BCUT2D eigenvalue weighted by Gasteiger charge is -2.25. The molecule has 0 spiro atoms. The molecule has 0 aromatic heterocycles. The highest BCUT2D eigenvalue weighted by Crippen LogP contribution is 2.30. The van der Waals surface area contributed by atoms with Gasteiger partial charge < -0.3 is 5.11 Å². The third-order valence-electron chi connectivity index (χ3n) is 2.65. The number of sulfonamides is 1. The van der Waals surface area contributed by atoms with E-state index in [4.69, 9.17) is 5.11 Å². The van der Waals surface area contributed by atoms with E-state index in [-0.39, 0.29) is 11.4 Å². The normalized spacial score (nSPS) is 18.2. The zero-order valence-electron chi connectivity index (χ0n) is 9.65. The van der Waals surface area contributed by atoms with Gasteiger partial charge in [0.1, 0.15) is 11.2 Å². The molecule has 1 N–H and O–H groups in total. The molecule has 1 aromatic rings. The number of aliphatic imine (C=N–C) groups is 1. The van der Waals surface area contributed by atoms with Gasteiger partial charge in [-0.1, -0.05) is 19.1 Å². The molecule has 0 fully saturated rings. The van der Waals surface area contributed by atoms with Crippen molar-refractivity contribution < 1.29 is 18.3 Å². The Kier molecular flexibility index (Phi) is 3.08. The van der Waals surface area contributed by atoms with Crippen molar-refractivity contribution in [2.24, 2.45) is 10.9 Å². The van der Waals surface area contributed by atoms with Crippen LogP contribution in [0.1, 0.15) is 6.92 Å². The molecule has 0 saturated carbocycles. The number of nitrogens with zero attached hydrogens (tertiary/aromatic N) is 2. The van der Waals surface area contributed by atoms with Gasteiger partial charge in [0.05, 0.1) is 11.6 Å². The molecule has 18 heavy (non-hydrogen) atoms. The number of carboxylic acids is 1. The summed E-state index contributed by atoms with van der Waals surface area (Å²) in [6.07, 6.45) is 1.16. The second-order valence-corrected chi connectivity index (χ2v) is 5.89. The Morgan fingerprint density at radius 1 is 1.44 bits per heavy atom. The van der Waals surface area contributed by atoms with Crippen LogP contribution >= 0.6 is 0 Å². The summed E-state index contributed by atoms with van der Waals surface area (Å²) in [7, 11) is -3.69. The maximum absolute atomic E-state index is 12.2. The van der Waals surface area contributed by atoms with Crippen molar-refractivity contribution >= 4 is 28.0 Å². The number of carbonyl (C=O) groups is 1. The molecule has 1 aliphatic heterocycles. The molecule has 1 aromatic carbocycles. The maximum Gasteiger partial charge on any atom is 0.308 e. The third-order valence-corrected chi connectivity index (χ3v) is 4.41. The highest BCUT2D eigenvalue weighted by Gasteiger charge is 2.30. The van der Waals surface area contributed by atoms with Gasteiger partial charge >= 0.3 is 5.97 Å². The molecule has 6 nitrogen and oxygen atoms in total. The van der Waals surface area contributed by atoms with Crippen molar-refractivity contribution in [3.63, 3.8) is 0 Å². The average molecular weight is 268 g/mol. The van der Waals surface area contributed by atoms with Crippen LogP contribution in [0.5, 0.6) is 0 Å². The second-order valence-electron chi connectivity index (χ2n) is 4.03. The number of fused-ring (bicyclic) bond motifs is 1. The molecule has 0 saturated heterocycles. The van der Waals surface area contributed by atoms with E-state index in [9.17, 15) is 13.2 Å². The molecule has 1 unspecified atom stereocenters. The van der Waals surface area contributed by atoms with E-state index in [1.807, 2.05) is 0 Å². The van der Waals surface area contributed by atoms with Gasteiger partial charge in [0.25, 0.3) is 10.0 Å². The molecule has 7 heteroatoms. The van der Waals surface area contributed by atoms with Crippen molar-refractivity contribution in [3.05, 3.63) is 24.3 Å². The van der Waals surface area contributed by atoms with Crippen LogP contribution in [0.4, 0.5) is 5.69 Å². The summed E-state index contributed by atoms with van der Waals surface area (Å²) < 4.78 is 25.4. The van der Waals surface area contributed by atoms with Gasteiger partial charge in [-0.15, -0.1) is 0 Å². The van der Waals surface area contributed by atoms with Crippen molar-refractivity contribution in [1.82, 2.24) is 4.31 Å². The van der Waals surface area contributed by atoms with Gasteiger partial charge in [-0.05, 0) is 12.1 Å². The largest absolute Gasteiger partial charge is 0.481 e. The fourth-order valence-corrected chi connectivity index (χ4v) is 3.07. The lowest BCUT2D eigenvalue weighted by Crippen LogP contribution is -2.37. The summed E-state index contributed by atoms with van der Waals surface area (Å²) in [5.41, 5.74) is 0.372. The topological polar surface area (TPSA) is 87.0 Å². The van der Waals surface area contributed by atoms with Crippen LogP contribution in [0.3, 0.4) is 0 Å². The minimum absolute atomic E-state index is 0.102. The van der Waals surface area contributed by atoms with Crippen LogP contribution in [-0.2, 0) is 14.8 Å². The summed E-state index contributed by atoms with van der Waals surface area (Å²) in [4.78, 5) is 14.9. The molecule has 2 rings (SSSR count). The number of aliphatic carboxylic acids is 1. The van der Waals surface area contributed by atoms with Crippen LogP contribution in [0.15, 0.2) is 34.2 Å². The lowest BCUT2D eigenvalue weighted by atomic mass is 10.2. The van der Waals surface area contributed by atoms with Gasteiger partial charge in [0.15, 0.2) is 0 Å². The lowest BCUT2D eigenvalue weighted by molar-refractivity contribution is -0.141. The number of hydrogen-bond donors (Lipinski definition) is 1. The molecule has 0 amide bonds. The zero-order chi connectivity index (χ0) is 13.3. The number of hydrogen-bond acceptors (Lipinski definition) is 4. The van der Waals surface area contributed by atoms with Crippen LogP contribution in [-0.4, -0.2) is 36.7 Å². The zero-order valence-corrected chi connectivity index (χ0v) is 10.5. The smallest absolute Gasteiger partial charge is 0.308 e. The van der Waals surface area contributed by atoms with Crippen LogP contribution in [0, 0.1) is 5.92 Å². The molecule has 0 bridgehead atoms. The first-order valence-electron chi connectivity index (χ1n) is 5.31. The summed E-state index contributed by atoms with van der Waals surface area (Å²) in [6, 6.07) is 6.36. The Hall–Kier alpha value is -1.89. The first-order chi connectivity index (χ1) is 8.43. The Labute approximate surface area is 105 Å². The second kappa shape index (κ2) is 4.41.